The zero-order valence-electron chi connectivity index (χ0n) is 18.8. The molecule has 3 rings (SSSR count). The van der Waals surface area contributed by atoms with Gasteiger partial charge in [-0.15, -0.1) is 0 Å². The molecule has 0 saturated heterocycles. The van der Waals surface area contributed by atoms with Gasteiger partial charge in [0.25, 0.3) is 0 Å². The van der Waals surface area contributed by atoms with Crippen LogP contribution in [0.4, 0.5) is 0 Å². The summed E-state index contributed by atoms with van der Waals surface area (Å²) in [6.07, 6.45) is 14.0. The van der Waals surface area contributed by atoms with Crippen LogP contribution in [0.5, 0.6) is 5.75 Å². The van der Waals surface area contributed by atoms with Gasteiger partial charge in [0.05, 0.1) is 6.61 Å². The molecular formula is C29H36O. The average Bonchev–Trinajstić information content (AvgIpc) is 2.80. The van der Waals surface area contributed by atoms with Crippen LogP contribution in [0, 0.1) is 17.8 Å². The molecule has 158 valence electrons. The van der Waals surface area contributed by atoms with Gasteiger partial charge >= 0.3 is 0 Å². The summed E-state index contributed by atoms with van der Waals surface area (Å²) >= 11 is 0. The highest BCUT2D eigenvalue weighted by molar-refractivity contribution is 5.67. The van der Waals surface area contributed by atoms with E-state index in [9.17, 15) is 0 Å². The molecule has 1 heteroatoms. The maximum Gasteiger partial charge on any atom is 0.119 e. The molecule has 0 N–H and O–H groups in total. The van der Waals surface area contributed by atoms with Crippen LogP contribution < -0.4 is 4.74 Å². The van der Waals surface area contributed by atoms with Gasteiger partial charge in [0, 0.05) is 11.1 Å². The zero-order valence-corrected chi connectivity index (χ0v) is 18.8. The normalized spacial score (nSPS) is 15.8. The van der Waals surface area contributed by atoms with Gasteiger partial charge in [0.1, 0.15) is 5.75 Å². The van der Waals surface area contributed by atoms with Crippen molar-refractivity contribution in [2.24, 2.45) is 5.92 Å². The molecule has 1 atom stereocenters. The van der Waals surface area contributed by atoms with Gasteiger partial charge in [0.2, 0.25) is 0 Å². The SMILES string of the molecule is CCCCCC1CC=C(c2ccc(C#Cc3ccc(OCCCC)cc3)cc2)CC1. The van der Waals surface area contributed by atoms with Gasteiger partial charge in [-0.2, -0.15) is 0 Å². The first-order valence-corrected chi connectivity index (χ1v) is 11.8. The number of rotatable bonds is 9. The van der Waals surface area contributed by atoms with Gasteiger partial charge in [-0.3, -0.25) is 0 Å². The Hall–Kier alpha value is -2.46. The van der Waals surface area contributed by atoms with E-state index < -0.39 is 0 Å². The summed E-state index contributed by atoms with van der Waals surface area (Å²) in [6.45, 7) is 5.24. The van der Waals surface area contributed by atoms with E-state index in [1.165, 1.54) is 56.1 Å². The van der Waals surface area contributed by atoms with Crippen molar-refractivity contribution in [3.8, 4) is 17.6 Å². The minimum atomic E-state index is 0.782. The van der Waals surface area contributed by atoms with Crippen LogP contribution in [0.2, 0.25) is 0 Å². The van der Waals surface area contributed by atoms with E-state index in [0.29, 0.717) is 0 Å². The number of allylic oxidation sites excluding steroid dienone is 2. The van der Waals surface area contributed by atoms with Gasteiger partial charge in [0.15, 0.2) is 0 Å². The van der Waals surface area contributed by atoms with Crippen LogP contribution in [-0.4, -0.2) is 6.61 Å². The number of ether oxygens (including phenoxy) is 1. The molecule has 0 amide bonds. The van der Waals surface area contributed by atoms with Crippen LogP contribution in [0.3, 0.4) is 0 Å². The molecule has 0 saturated carbocycles. The molecule has 2 aromatic rings. The molecule has 1 nitrogen and oxygen atoms in total. The number of hydrogen-bond acceptors (Lipinski definition) is 1. The highest BCUT2D eigenvalue weighted by atomic mass is 16.5. The minimum absolute atomic E-state index is 0.782. The number of unbranched alkanes of at least 4 members (excludes halogenated alkanes) is 3. The lowest BCUT2D eigenvalue weighted by Crippen LogP contribution is -2.05. The lowest BCUT2D eigenvalue weighted by atomic mass is 9.84. The highest BCUT2D eigenvalue weighted by Gasteiger charge is 2.14. The summed E-state index contributed by atoms with van der Waals surface area (Å²) < 4.78 is 5.71. The third kappa shape index (κ3) is 7.10. The fourth-order valence-corrected chi connectivity index (χ4v) is 3.98. The predicted molar refractivity (Wildman–Crippen MR) is 129 cm³/mol. The molecule has 30 heavy (non-hydrogen) atoms. The summed E-state index contributed by atoms with van der Waals surface area (Å²) in [5, 5.41) is 0. The molecule has 0 radical (unpaired) electrons. The summed E-state index contributed by atoms with van der Waals surface area (Å²) in [6, 6.07) is 16.9. The molecule has 0 aromatic heterocycles. The average molecular weight is 401 g/mol. The van der Waals surface area contributed by atoms with Crippen molar-refractivity contribution in [2.45, 2.75) is 71.6 Å². The second kappa shape index (κ2) is 12.3. The Morgan fingerprint density at radius 3 is 2.10 bits per heavy atom. The topological polar surface area (TPSA) is 9.23 Å². The van der Waals surface area contributed by atoms with Crippen molar-refractivity contribution in [1.29, 1.82) is 0 Å². The molecule has 2 aromatic carbocycles. The largest absolute Gasteiger partial charge is 0.494 e. The van der Waals surface area contributed by atoms with E-state index in [1.54, 1.807) is 0 Å². The van der Waals surface area contributed by atoms with Crippen molar-refractivity contribution in [1.82, 2.24) is 0 Å². The Balaban J connectivity index is 1.53. The Bertz CT molecular complexity index is 846. The monoisotopic (exact) mass is 400 g/mol. The third-order valence-corrected chi connectivity index (χ3v) is 5.96. The smallest absolute Gasteiger partial charge is 0.119 e. The summed E-state index contributed by atoms with van der Waals surface area (Å²) in [5.41, 5.74) is 4.96. The standard InChI is InChI=1S/C29H36O/c1-3-5-7-8-24-11-17-27(18-12-24)28-19-13-25(14-20-28)9-10-26-15-21-29(22-16-26)30-23-6-4-2/h13-17,19-22,24H,3-8,11-12,18,23H2,1-2H3. The van der Waals surface area contributed by atoms with Crippen molar-refractivity contribution in [3.63, 3.8) is 0 Å². The molecule has 0 bridgehead atoms. The Kier molecular flexibility index (Phi) is 9.10. The summed E-state index contributed by atoms with van der Waals surface area (Å²) in [4.78, 5) is 0. The Morgan fingerprint density at radius 2 is 1.50 bits per heavy atom. The number of benzene rings is 2. The van der Waals surface area contributed by atoms with Crippen molar-refractivity contribution in [2.75, 3.05) is 6.61 Å². The molecule has 1 aliphatic carbocycles. The molecule has 0 fully saturated rings. The fourth-order valence-electron chi connectivity index (χ4n) is 3.98. The van der Waals surface area contributed by atoms with Crippen molar-refractivity contribution < 1.29 is 4.74 Å². The van der Waals surface area contributed by atoms with Crippen LogP contribution in [0.25, 0.3) is 5.57 Å². The summed E-state index contributed by atoms with van der Waals surface area (Å²) in [7, 11) is 0. The molecule has 0 heterocycles. The van der Waals surface area contributed by atoms with Crippen molar-refractivity contribution in [3.05, 3.63) is 71.3 Å². The van der Waals surface area contributed by atoms with Gasteiger partial charge in [-0.25, -0.2) is 0 Å². The van der Waals surface area contributed by atoms with Crippen LogP contribution >= 0.6 is 0 Å². The fraction of sp³-hybridized carbons (Fsp3) is 0.448. The first-order chi connectivity index (χ1) is 14.8. The molecule has 1 unspecified atom stereocenters. The molecular weight excluding hydrogens is 364 g/mol. The van der Waals surface area contributed by atoms with E-state index in [1.807, 2.05) is 24.3 Å². The maximum atomic E-state index is 5.71. The number of hydrogen-bond donors (Lipinski definition) is 0. The van der Waals surface area contributed by atoms with E-state index in [4.69, 9.17) is 4.74 Å². The first-order valence-electron chi connectivity index (χ1n) is 11.8. The van der Waals surface area contributed by atoms with E-state index in [2.05, 4.69) is 56.0 Å². The lowest BCUT2D eigenvalue weighted by Gasteiger charge is -2.22. The Labute approximate surface area is 183 Å². The maximum absolute atomic E-state index is 5.71. The molecule has 1 aliphatic rings. The highest BCUT2D eigenvalue weighted by Crippen LogP contribution is 2.32. The van der Waals surface area contributed by atoms with Gasteiger partial charge in [-0.1, -0.05) is 76.0 Å². The van der Waals surface area contributed by atoms with Crippen LogP contribution in [0.15, 0.2) is 54.6 Å². The van der Waals surface area contributed by atoms with Gasteiger partial charge < -0.3 is 4.74 Å². The Morgan fingerprint density at radius 1 is 0.833 bits per heavy atom. The van der Waals surface area contributed by atoms with Crippen LogP contribution in [-0.2, 0) is 0 Å². The predicted octanol–water partition coefficient (Wildman–Crippen LogP) is 8.03. The summed E-state index contributed by atoms with van der Waals surface area (Å²) in [5.74, 6) is 8.37. The quantitative estimate of drug-likeness (QED) is 0.306. The van der Waals surface area contributed by atoms with Crippen LogP contribution in [0.1, 0.15) is 88.3 Å². The lowest BCUT2D eigenvalue weighted by molar-refractivity contribution is 0.309. The second-order valence-corrected chi connectivity index (χ2v) is 8.42. The van der Waals surface area contributed by atoms with E-state index >= 15 is 0 Å². The van der Waals surface area contributed by atoms with E-state index in [0.717, 1.165) is 42.2 Å². The first kappa shape index (κ1) is 22.2. The molecule has 0 spiro atoms. The third-order valence-electron chi connectivity index (χ3n) is 5.96. The van der Waals surface area contributed by atoms with E-state index in [-0.39, 0.29) is 0 Å². The molecule has 0 aliphatic heterocycles. The zero-order chi connectivity index (χ0) is 21.0. The minimum Gasteiger partial charge on any atom is -0.494 e. The second-order valence-electron chi connectivity index (χ2n) is 8.42. The van der Waals surface area contributed by atoms with Gasteiger partial charge in [-0.05, 0) is 79.1 Å². The van der Waals surface area contributed by atoms with Crippen molar-refractivity contribution >= 4 is 5.57 Å².